The summed E-state index contributed by atoms with van der Waals surface area (Å²) >= 11 is 0. The van der Waals surface area contributed by atoms with Crippen LogP contribution in [0.1, 0.15) is 15.9 Å². The predicted molar refractivity (Wildman–Crippen MR) is 130 cm³/mol. The van der Waals surface area contributed by atoms with E-state index < -0.39 is 18.3 Å². The summed E-state index contributed by atoms with van der Waals surface area (Å²) in [6.45, 7) is -2.93. The summed E-state index contributed by atoms with van der Waals surface area (Å²) < 4.78 is 45.9. The van der Waals surface area contributed by atoms with Crippen molar-refractivity contribution in [3.63, 3.8) is 0 Å². The Labute approximate surface area is 209 Å². The fourth-order valence-corrected chi connectivity index (χ4v) is 3.74. The van der Waals surface area contributed by atoms with Gasteiger partial charge in [0, 0.05) is 35.6 Å². The molecule has 36 heavy (non-hydrogen) atoms. The third-order valence-corrected chi connectivity index (χ3v) is 5.42. The Morgan fingerprint density at radius 3 is 2.64 bits per heavy atom. The van der Waals surface area contributed by atoms with E-state index >= 15 is 0 Å². The van der Waals surface area contributed by atoms with Crippen LogP contribution in [0.5, 0.6) is 5.75 Å². The van der Waals surface area contributed by atoms with Crippen molar-refractivity contribution >= 4 is 24.0 Å². The number of fused-ring (bicyclic) bond motifs is 1. The molecule has 0 bridgehead atoms. The van der Waals surface area contributed by atoms with Crippen LogP contribution < -0.4 is 10.1 Å². The van der Waals surface area contributed by atoms with Gasteiger partial charge >= 0.3 is 6.61 Å². The van der Waals surface area contributed by atoms with E-state index in [1.165, 1.54) is 30.3 Å². The van der Waals surface area contributed by atoms with Gasteiger partial charge in [-0.15, -0.1) is 12.4 Å². The summed E-state index contributed by atoms with van der Waals surface area (Å²) in [5.41, 5.74) is 4.10. The van der Waals surface area contributed by atoms with Crippen LogP contribution in [0.4, 0.5) is 13.2 Å². The normalized spacial score (nSPS) is 10.9. The molecule has 184 valence electrons. The lowest BCUT2D eigenvalue weighted by Gasteiger charge is -2.10. The minimum Gasteiger partial charge on any atom is -0.435 e. The van der Waals surface area contributed by atoms with Crippen molar-refractivity contribution in [3.05, 3.63) is 96.3 Å². The number of amides is 1. The highest BCUT2D eigenvalue weighted by molar-refractivity contribution is 5.95. The number of carbonyl (C=O) groups is 1. The molecule has 3 heterocycles. The van der Waals surface area contributed by atoms with Crippen molar-refractivity contribution in [2.45, 2.75) is 13.2 Å². The molecule has 5 rings (SSSR count). The molecule has 0 aliphatic carbocycles. The van der Waals surface area contributed by atoms with E-state index in [-0.39, 0.29) is 30.3 Å². The van der Waals surface area contributed by atoms with Gasteiger partial charge in [0.25, 0.3) is 5.91 Å². The molecule has 0 atom stereocenters. The summed E-state index contributed by atoms with van der Waals surface area (Å²) in [6.07, 6.45) is 6.99. The van der Waals surface area contributed by atoms with Gasteiger partial charge in [-0.25, -0.2) is 9.37 Å². The molecule has 1 amide bonds. The van der Waals surface area contributed by atoms with Gasteiger partial charge in [-0.1, -0.05) is 18.2 Å². The molecule has 0 radical (unpaired) electrons. The van der Waals surface area contributed by atoms with Crippen LogP contribution in [-0.2, 0) is 6.54 Å². The minimum absolute atomic E-state index is 0. The van der Waals surface area contributed by atoms with Crippen LogP contribution in [0.25, 0.3) is 28.0 Å². The highest BCUT2D eigenvalue weighted by atomic mass is 35.5. The first-order valence-electron chi connectivity index (χ1n) is 10.6. The van der Waals surface area contributed by atoms with Crippen molar-refractivity contribution < 1.29 is 22.7 Å². The van der Waals surface area contributed by atoms with Crippen LogP contribution in [0.3, 0.4) is 0 Å². The molecule has 3 aromatic heterocycles. The number of imidazole rings is 1. The van der Waals surface area contributed by atoms with E-state index in [1.54, 1.807) is 30.7 Å². The number of pyridine rings is 1. The molecule has 2 N–H and O–H groups in total. The number of nitrogens with one attached hydrogen (secondary N) is 2. The van der Waals surface area contributed by atoms with Crippen LogP contribution in [0.2, 0.25) is 0 Å². The van der Waals surface area contributed by atoms with E-state index in [2.05, 4.69) is 25.2 Å². The zero-order valence-corrected chi connectivity index (χ0v) is 19.3. The number of hydrogen-bond acceptors (Lipinski definition) is 4. The smallest absolute Gasteiger partial charge is 0.387 e. The van der Waals surface area contributed by atoms with Gasteiger partial charge in [0.2, 0.25) is 0 Å². The molecule has 0 saturated heterocycles. The summed E-state index contributed by atoms with van der Waals surface area (Å²) in [6, 6.07) is 14.0. The summed E-state index contributed by atoms with van der Waals surface area (Å²) in [5.74, 6) is -1.35. The monoisotopic (exact) mass is 513 g/mol. The molecule has 7 nitrogen and oxygen atoms in total. The lowest BCUT2D eigenvalue weighted by Crippen LogP contribution is -2.23. The molecule has 2 aromatic carbocycles. The van der Waals surface area contributed by atoms with Gasteiger partial charge in [-0.2, -0.15) is 13.9 Å². The van der Waals surface area contributed by atoms with Gasteiger partial charge in [0.15, 0.2) is 0 Å². The number of aromatic nitrogens is 4. The number of rotatable bonds is 7. The lowest BCUT2D eigenvalue weighted by atomic mass is 10.1. The number of hydrogen-bond donors (Lipinski definition) is 2. The number of ether oxygens (including phenoxy) is 1. The molecular formula is C25H19ClF3N5O2. The van der Waals surface area contributed by atoms with Gasteiger partial charge < -0.3 is 10.1 Å². The summed E-state index contributed by atoms with van der Waals surface area (Å²) in [4.78, 5) is 16.9. The Hall–Kier alpha value is -4.31. The second-order valence-electron chi connectivity index (χ2n) is 7.68. The zero-order chi connectivity index (χ0) is 24.4. The molecule has 0 aliphatic rings. The second-order valence-corrected chi connectivity index (χ2v) is 7.68. The first kappa shape index (κ1) is 24.8. The number of alkyl halides is 2. The number of H-pyrrole nitrogens is 1. The minimum atomic E-state index is -2.95. The number of benzene rings is 2. The van der Waals surface area contributed by atoms with Crippen LogP contribution >= 0.6 is 12.4 Å². The molecule has 0 aliphatic heterocycles. The lowest BCUT2D eigenvalue weighted by molar-refractivity contribution is -0.0498. The molecule has 0 fully saturated rings. The third-order valence-electron chi connectivity index (χ3n) is 5.42. The number of nitrogens with zero attached hydrogens (tertiary/aromatic N) is 3. The highest BCUT2D eigenvalue weighted by Gasteiger charge is 2.15. The molecule has 0 saturated carbocycles. The predicted octanol–water partition coefficient (Wildman–Crippen LogP) is 5.48. The maximum Gasteiger partial charge on any atom is 0.387 e. The fourth-order valence-electron chi connectivity index (χ4n) is 3.74. The SMILES string of the molecule is Cl.O=C(NCc1cccc(OC(F)F)c1)c1ccc(-c2cnc3ccc(-c4cn[nH]c4)cn23)cc1F. The van der Waals surface area contributed by atoms with Gasteiger partial charge in [-0.3, -0.25) is 14.3 Å². The molecule has 0 spiro atoms. The molecular weight excluding hydrogens is 495 g/mol. The van der Waals surface area contributed by atoms with Crippen LogP contribution in [0.15, 0.2) is 79.4 Å². The first-order valence-corrected chi connectivity index (χ1v) is 10.6. The van der Waals surface area contributed by atoms with Gasteiger partial charge in [0.1, 0.15) is 17.2 Å². The Balaban J connectivity index is 0.00000304. The summed E-state index contributed by atoms with van der Waals surface area (Å²) in [7, 11) is 0. The van der Waals surface area contributed by atoms with E-state index in [4.69, 9.17) is 0 Å². The quantitative estimate of drug-likeness (QED) is 0.302. The molecule has 5 aromatic rings. The third kappa shape index (κ3) is 5.18. The Kier molecular flexibility index (Phi) is 7.25. The summed E-state index contributed by atoms with van der Waals surface area (Å²) in [5, 5.41) is 9.33. The van der Waals surface area contributed by atoms with E-state index in [0.29, 0.717) is 22.5 Å². The Bertz CT molecular complexity index is 1510. The maximum absolute atomic E-state index is 14.9. The zero-order valence-electron chi connectivity index (χ0n) is 18.5. The van der Waals surface area contributed by atoms with E-state index in [9.17, 15) is 18.0 Å². The number of carbonyl (C=O) groups excluding carboxylic acids is 1. The van der Waals surface area contributed by atoms with Crippen molar-refractivity contribution in [3.8, 4) is 28.1 Å². The van der Waals surface area contributed by atoms with Crippen LogP contribution in [0, 0.1) is 5.82 Å². The van der Waals surface area contributed by atoms with E-state index in [1.807, 2.05) is 22.7 Å². The Morgan fingerprint density at radius 2 is 1.89 bits per heavy atom. The van der Waals surface area contributed by atoms with Crippen molar-refractivity contribution in [2.75, 3.05) is 0 Å². The largest absolute Gasteiger partial charge is 0.435 e. The van der Waals surface area contributed by atoms with Crippen LogP contribution in [-0.4, -0.2) is 32.1 Å². The van der Waals surface area contributed by atoms with Crippen molar-refractivity contribution in [1.29, 1.82) is 0 Å². The fraction of sp³-hybridized carbons (Fsp3) is 0.0800. The first-order chi connectivity index (χ1) is 17.0. The van der Waals surface area contributed by atoms with E-state index in [0.717, 1.165) is 11.1 Å². The molecule has 11 heteroatoms. The van der Waals surface area contributed by atoms with Gasteiger partial charge in [-0.05, 0) is 42.0 Å². The van der Waals surface area contributed by atoms with Crippen molar-refractivity contribution in [1.82, 2.24) is 24.9 Å². The standard InChI is InChI=1S/C25H18F3N5O2.ClH/c26-21-9-16(22-13-29-23-7-5-17(14-33(22)23)18-11-31-32-12-18)4-6-20(21)24(34)30-10-15-2-1-3-19(8-15)35-25(27)28;/h1-9,11-14,25H,10H2,(H,30,34)(H,31,32);1H. The van der Waals surface area contributed by atoms with Crippen molar-refractivity contribution in [2.24, 2.45) is 0 Å². The topological polar surface area (TPSA) is 84.3 Å². The average molecular weight is 514 g/mol. The maximum atomic E-state index is 14.9. The van der Waals surface area contributed by atoms with Gasteiger partial charge in [0.05, 0.1) is 23.7 Å². The number of aromatic amines is 1. The highest BCUT2D eigenvalue weighted by Crippen LogP contribution is 2.26. The molecule has 0 unspecified atom stereocenters. The number of halogens is 4. The Morgan fingerprint density at radius 1 is 1.06 bits per heavy atom. The second kappa shape index (κ2) is 10.5. The average Bonchev–Trinajstić information content (AvgIpc) is 3.52.